The summed E-state index contributed by atoms with van der Waals surface area (Å²) in [5, 5.41) is 20.5. The molecule has 38 heavy (non-hydrogen) atoms. The lowest BCUT2D eigenvalue weighted by molar-refractivity contribution is -0.149. The minimum Gasteiger partial charge on any atom is -0.480 e. The molecule has 14 nitrogen and oxygen atoms in total. The number of carboxylic acids is 1. The maximum atomic E-state index is 13.3. The lowest BCUT2D eigenvalue weighted by atomic mass is 10.0. The molecule has 2 saturated heterocycles. The zero-order valence-electron chi connectivity index (χ0n) is 22.2. The molecule has 9 N–H and O–H groups in total. The number of carbonyl (C=O) groups excluding carboxylic acids is 4. The lowest BCUT2D eigenvalue weighted by Gasteiger charge is -2.29. The second kappa shape index (κ2) is 15.1. The molecule has 0 aromatic rings. The zero-order chi connectivity index (χ0) is 28.2. The largest absolute Gasteiger partial charge is 0.480 e. The van der Waals surface area contributed by atoms with E-state index < -0.39 is 41.8 Å². The Balaban J connectivity index is 2.07. The summed E-state index contributed by atoms with van der Waals surface area (Å²) in [7, 11) is 0. The van der Waals surface area contributed by atoms with Crippen molar-refractivity contribution in [3.05, 3.63) is 0 Å². The van der Waals surface area contributed by atoms with Crippen molar-refractivity contribution in [2.75, 3.05) is 26.2 Å². The van der Waals surface area contributed by atoms with E-state index in [9.17, 15) is 29.1 Å². The number of hydrogen-bond acceptors (Lipinski definition) is 7. The first-order valence-electron chi connectivity index (χ1n) is 13.2. The van der Waals surface area contributed by atoms with Crippen LogP contribution >= 0.6 is 0 Å². The molecule has 2 rings (SSSR count). The fourth-order valence-electron chi connectivity index (χ4n) is 4.67. The molecule has 4 atom stereocenters. The van der Waals surface area contributed by atoms with Gasteiger partial charge in [-0.25, -0.2) is 4.79 Å². The molecule has 214 valence electrons. The van der Waals surface area contributed by atoms with E-state index in [1.54, 1.807) is 0 Å². The van der Waals surface area contributed by atoms with Crippen molar-refractivity contribution in [1.82, 2.24) is 26.2 Å². The third kappa shape index (κ3) is 9.80. The number of nitrogens with zero attached hydrogens (tertiary/aromatic N) is 2. The Morgan fingerprint density at radius 1 is 1.08 bits per heavy atom. The molecule has 0 unspecified atom stereocenters. The highest BCUT2D eigenvalue weighted by Gasteiger charge is 2.38. The van der Waals surface area contributed by atoms with Gasteiger partial charge in [0.05, 0.1) is 12.6 Å². The van der Waals surface area contributed by atoms with Gasteiger partial charge in [-0.3, -0.25) is 24.2 Å². The van der Waals surface area contributed by atoms with Crippen LogP contribution in [0.3, 0.4) is 0 Å². The van der Waals surface area contributed by atoms with Gasteiger partial charge in [-0.15, -0.1) is 0 Å². The highest BCUT2D eigenvalue weighted by Crippen LogP contribution is 2.20. The quantitative estimate of drug-likeness (QED) is 0.0737. The van der Waals surface area contributed by atoms with Crippen LogP contribution in [0.15, 0.2) is 4.99 Å². The van der Waals surface area contributed by atoms with Crippen molar-refractivity contribution in [3.63, 3.8) is 0 Å². The third-order valence-corrected chi connectivity index (χ3v) is 6.54. The number of amides is 4. The van der Waals surface area contributed by atoms with Gasteiger partial charge in [-0.2, -0.15) is 0 Å². The maximum absolute atomic E-state index is 13.3. The molecule has 2 aliphatic heterocycles. The molecule has 2 fully saturated rings. The maximum Gasteiger partial charge on any atom is 0.326 e. The summed E-state index contributed by atoms with van der Waals surface area (Å²) in [4.78, 5) is 68.2. The molecule has 0 spiro atoms. The van der Waals surface area contributed by atoms with E-state index in [2.05, 4.69) is 26.3 Å². The number of nitrogens with two attached hydrogens (primary N) is 2. The average molecular weight is 539 g/mol. The number of hydrogen-bond donors (Lipinski definition) is 7. The Hall–Kier alpha value is -3.42. The first-order valence-corrected chi connectivity index (χ1v) is 13.2. The lowest BCUT2D eigenvalue weighted by Crippen LogP contribution is -2.56. The standard InChI is InChI=1S/C24H42N8O6/c1-14(2)12-17(30-19(33)13-29-20(34)15-6-3-9-27-15)21(35)31-16(7-4-10-28-24(25)26)22(36)32-11-5-8-18(32)23(37)38/h14-18,27H,3-13H2,1-2H3,(H,29,34)(H,30,33)(H,31,35)(H,37,38)(H4,25,26,28)/t15-,16-,17-,18-/m0/s1. The smallest absolute Gasteiger partial charge is 0.326 e. The number of nitrogens with one attached hydrogen (secondary N) is 4. The molecular weight excluding hydrogens is 496 g/mol. The molecule has 0 aromatic heterocycles. The molecule has 4 amide bonds. The second-order valence-electron chi connectivity index (χ2n) is 10.2. The van der Waals surface area contributed by atoms with Gasteiger partial charge in [0.2, 0.25) is 23.6 Å². The van der Waals surface area contributed by atoms with Crippen LogP contribution in [0.4, 0.5) is 0 Å². The van der Waals surface area contributed by atoms with Gasteiger partial charge in [0.15, 0.2) is 5.96 Å². The molecule has 0 bridgehead atoms. The third-order valence-electron chi connectivity index (χ3n) is 6.54. The van der Waals surface area contributed by atoms with E-state index in [1.165, 1.54) is 4.90 Å². The van der Waals surface area contributed by atoms with Crippen molar-refractivity contribution in [1.29, 1.82) is 0 Å². The van der Waals surface area contributed by atoms with Gasteiger partial charge in [-0.05, 0) is 57.4 Å². The summed E-state index contributed by atoms with van der Waals surface area (Å²) in [6.07, 6.45) is 3.31. The number of likely N-dealkylation sites (tertiary alicyclic amines) is 1. The summed E-state index contributed by atoms with van der Waals surface area (Å²) < 4.78 is 0. The zero-order valence-corrected chi connectivity index (χ0v) is 22.2. The molecular formula is C24H42N8O6. The molecule has 0 aliphatic carbocycles. The van der Waals surface area contributed by atoms with Crippen LogP contribution in [0.5, 0.6) is 0 Å². The Kier molecular flexibility index (Phi) is 12.2. The second-order valence-corrected chi connectivity index (χ2v) is 10.2. The predicted octanol–water partition coefficient (Wildman–Crippen LogP) is -2.00. The van der Waals surface area contributed by atoms with E-state index in [4.69, 9.17) is 11.5 Å². The summed E-state index contributed by atoms with van der Waals surface area (Å²) in [6.45, 7) is 4.74. The Labute approximate surface area is 222 Å². The monoisotopic (exact) mass is 538 g/mol. The van der Waals surface area contributed by atoms with Crippen molar-refractivity contribution in [3.8, 4) is 0 Å². The SMILES string of the molecule is CC(C)C[C@H](NC(=O)CNC(=O)[C@@H]1CCCN1)C(=O)N[C@@H](CCCN=C(N)N)C(=O)N1CCC[C@H]1C(=O)O. The average Bonchev–Trinajstić information content (AvgIpc) is 3.55. The van der Waals surface area contributed by atoms with Crippen LogP contribution in [0.25, 0.3) is 0 Å². The summed E-state index contributed by atoms with van der Waals surface area (Å²) in [5.41, 5.74) is 10.7. The fraction of sp³-hybridized carbons (Fsp3) is 0.750. The van der Waals surface area contributed by atoms with Crippen LogP contribution in [-0.4, -0.2) is 95.9 Å². The number of rotatable bonds is 14. The van der Waals surface area contributed by atoms with Gasteiger partial charge < -0.3 is 42.7 Å². The Morgan fingerprint density at radius 3 is 2.42 bits per heavy atom. The summed E-state index contributed by atoms with van der Waals surface area (Å²) in [5.74, 6) is -3.03. The summed E-state index contributed by atoms with van der Waals surface area (Å²) >= 11 is 0. The van der Waals surface area contributed by atoms with Crippen LogP contribution in [0.1, 0.15) is 58.8 Å². The Morgan fingerprint density at radius 2 is 1.82 bits per heavy atom. The summed E-state index contributed by atoms with van der Waals surface area (Å²) in [6, 6.07) is -3.26. The first kappa shape index (κ1) is 30.8. The molecule has 0 radical (unpaired) electrons. The van der Waals surface area contributed by atoms with Gasteiger partial charge in [0.25, 0.3) is 0 Å². The van der Waals surface area contributed by atoms with Gasteiger partial charge in [-0.1, -0.05) is 13.8 Å². The van der Waals surface area contributed by atoms with E-state index >= 15 is 0 Å². The van der Waals surface area contributed by atoms with Gasteiger partial charge in [0, 0.05) is 13.1 Å². The molecule has 14 heteroatoms. The van der Waals surface area contributed by atoms with Gasteiger partial charge in [0.1, 0.15) is 18.1 Å². The van der Waals surface area contributed by atoms with Crippen LogP contribution in [0, 0.1) is 5.92 Å². The molecule has 2 aliphatic rings. The molecule has 2 heterocycles. The highest BCUT2D eigenvalue weighted by molar-refractivity contribution is 5.94. The normalized spacial score (nSPS) is 20.4. The van der Waals surface area contributed by atoms with Crippen molar-refractivity contribution < 1.29 is 29.1 Å². The van der Waals surface area contributed by atoms with Gasteiger partial charge >= 0.3 is 5.97 Å². The van der Waals surface area contributed by atoms with Crippen LogP contribution < -0.4 is 32.7 Å². The number of guanidine groups is 1. The fourth-order valence-corrected chi connectivity index (χ4v) is 4.67. The minimum atomic E-state index is -1.10. The number of aliphatic imine (C=N–C) groups is 1. The van der Waals surface area contributed by atoms with Crippen LogP contribution in [0.2, 0.25) is 0 Å². The van der Waals surface area contributed by atoms with Crippen molar-refractivity contribution in [2.45, 2.75) is 83.0 Å². The van der Waals surface area contributed by atoms with E-state index in [0.717, 1.165) is 13.0 Å². The number of carbonyl (C=O) groups is 5. The minimum absolute atomic E-state index is 0.0364. The van der Waals surface area contributed by atoms with Crippen molar-refractivity contribution in [2.24, 2.45) is 22.4 Å². The van der Waals surface area contributed by atoms with Crippen molar-refractivity contribution >= 4 is 35.6 Å². The molecule has 0 aromatic carbocycles. The number of aliphatic carboxylic acids is 1. The van der Waals surface area contributed by atoms with E-state index in [0.29, 0.717) is 32.1 Å². The van der Waals surface area contributed by atoms with E-state index in [1.807, 2.05) is 13.8 Å². The first-order chi connectivity index (χ1) is 18.0. The number of carboxylic acid groups (broad SMARTS) is 1. The van der Waals surface area contributed by atoms with Crippen LogP contribution in [-0.2, 0) is 24.0 Å². The highest BCUT2D eigenvalue weighted by atomic mass is 16.4. The predicted molar refractivity (Wildman–Crippen MR) is 140 cm³/mol. The topological polar surface area (TPSA) is 221 Å². The van der Waals surface area contributed by atoms with E-state index in [-0.39, 0.29) is 49.9 Å². The Bertz CT molecular complexity index is 885. The molecule has 0 saturated carbocycles.